The van der Waals surface area contributed by atoms with E-state index < -0.39 is 0 Å². The van der Waals surface area contributed by atoms with Crippen LogP contribution in [0.2, 0.25) is 0 Å². The van der Waals surface area contributed by atoms with Gasteiger partial charge in [0.1, 0.15) is 0 Å². The molecule has 1 unspecified atom stereocenters. The average molecular weight is 264 g/mol. The minimum atomic E-state index is -0.324. The lowest BCUT2D eigenvalue weighted by Gasteiger charge is -2.36. The second-order valence-electron chi connectivity index (χ2n) is 5.97. The number of nitrogens with zero attached hydrogens (tertiary/aromatic N) is 2. The third-order valence-electron chi connectivity index (χ3n) is 4.11. The highest BCUT2D eigenvalue weighted by atomic mass is 16.2. The molecule has 0 aromatic carbocycles. The van der Waals surface area contributed by atoms with Crippen LogP contribution >= 0.6 is 0 Å². The van der Waals surface area contributed by atoms with Gasteiger partial charge in [0.05, 0.1) is 6.20 Å². The third kappa shape index (κ3) is 3.35. The van der Waals surface area contributed by atoms with E-state index in [1.165, 1.54) is 0 Å². The topological polar surface area (TPSA) is 59.0 Å². The van der Waals surface area contributed by atoms with Crippen LogP contribution in [0.25, 0.3) is 0 Å². The first-order chi connectivity index (χ1) is 9.00. The molecule has 0 aliphatic carbocycles. The van der Waals surface area contributed by atoms with E-state index in [-0.39, 0.29) is 11.3 Å². The zero-order chi connectivity index (χ0) is 13.9. The number of amides is 1. The van der Waals surface area contributed by atoms with Gasteiger partial charge in [-0.25, -0.2) is 0 Å². The van der Waals surface area contributed by atoms with Crippen LogP contribution in [0.5, 0.6) is 0 Å². The highest BCUT2D eigenvalue weighted by Crippen LogP contribution is 2.31. The Bertz CT molecular complexity index is 432. The molecule has 0 radical (unpaired) electrons. The molecule has 1 saturated heterocycles. The maximum absolute atomic E-state index is 12.4. The van der Waals surface area contributed by atoms with Crippen molar-refractivity contribution in [3.63, 3.8) is 0 Å². The van der Waals surface area contributed by atoms with Crippen LogP contribution in [-0.4, -0.2) is 28.8 Å². The Balaban J connectivity index is 1.90. The molecule has 1 amide bonds. The molecule has 2 heterocycles. The van der Waals surface area contributed by atoms with E-state index in [0.29, 0.717) is 12.5 Å². The highest BCUT2D eigenvalue weighted by Gasteiger charge is 2.36. The Morgan fingerprint density at radius 3 is 3.00 bits per heavy atom. The van der Waals surface area contributed by atoms with Gasteiger partial charge in [-0.15, -0.1) is 0 Å². The van der Waals surface area contributed by atoms with Crippen LogP contribution in [0.4, 0.5) is 0 Å². The molecule has 1 fully saturated rings. The smallest absolute Gasteiger partial charge is 0.226 e. The number of rotatable bonds is 4. The van der Waals surface area contributed by atoms with Gasteiger partial charge in [0.25, 0.3) is 0 Å². The first kappa shape index (κ1) is 14.1. The molecule has 0 spiro atoms. The van der Waals surface area contributed by atoms with Crippen LogP contribution in [0.1, 0.15) is 32.3 Å². The maximum Gasteiger partial charge on any atom is 0.226 e. The standard InChI is InChI=1S/C14H24N4O/c1-14(2,12-5-4-6-15-9-12)13(19)16-7-11-8-17-18(3)10-11/h8,10,12,15H,4-7,9H2,1-3H3,(H,16,19). The van der Waals surface area contributed by atoms with Gasteiger partial charge in [-0.3, -0.25) is 9.48 Å². The molecular formula is C14H24N4O. The summed E-state index contributed by atoms with van der Waals surface area (Å²) in [6.07, 6.45) is 6.00. The molecule has 2 N–H and O–H groups in total. The maximum atomic E-state index is 12.4. The average Bonchev–Trinajstić information content (AvgIpc) is 2.82. The Morgan fingerprint density at radius 2 is 2.42 bits per heavy atom. The number of piperidine rings is 1. The van der Waals surface area contributed by atoms with Crippen molar-refractivity contribution in [3.8, 4) is 0 Å². The molecule has 1 aliphatic rings. The Morgan fingerprint density at radius 1 is 1.63 bits per heavy atom. The van der Waals surface area contributed by atoms with Gasteiger partial charge < -0.3 is 10.6 Å². The molecule has 0 bridgehead atoms. The summed E-state index contributed by atoms with van der Waals surface area (Å²) in [4.78, 5) is 12.4. The lowest BCUT2D eigenvalue weighted by molar-refractivity contribution is -0.132. The SMILES string of the molecule is Cn1cc(CNC(=O)C(C)(C)C2CCCNC2)cn1. The van der Waals surface area contributed by atoms with Gasteiger partial charge >= 0.3 is 0 Å². The predicted octanol–water partition coefficient (Wildman–Crippen LogP) is 1.06. The van der Waals surface area contributed by atoms with Crippen molar-refractivity contribution in [2.24, 2.45) is 18.4 Å². The summed E-state index contributed by atoms with van der Waals surface area (Å²) in [5, 5.41) is 10.5. The Labute approximate surface area is 114 Å². The van der Waals surface area contributed by atoms with Crippen molar-refractivity contribution in [1.82, 2.24) is 20.4 Å². The monoisotopic (exact) mass is 264 g/mol. The lowest BCUT2D eigenvalue weighted by atomic mass is 9.74. The molecule has 1 aliphatic heterocycles. The fourth-order valence-electron chi connectivity index (χ4n) is 2.63. The van der Waals surface area contributed by atoms with Crippen molar-refractivity contribution in [1.29, 1.82) is 0 Å². The molecule has 19 heavy (non-hydrogen) atoms. The molecule has 5 nitrogen and oxygen atoms in total. The van der Waals surface area contributed by atoms with Gasteiger partial charge in [-0.05, 0) is 31.8 Å². The summed E-state index contributed by atoms with van der Waals surface area (Å²) < 4.78 is 1.75. The van der Waals surface area contributed by atoms with E-state index in [4.69, 9.17) is 0 Å². The van der Waals surface area contributed by atoms with Gasteiger partial charge in [0, 0.05) is 30.8 Å². The fourth-order valence-corrected chi connectivity index (χ4v) is 2.63. The lowest BCUT2D eigenvalue weighted by Crippen LogP contribution is -2.47. The summed E-state index contributed by atoms with van der Waals surface area (Å²) in [6.45, 7) is 6.65. The molecule has 1 aromatic rings. The number of aromatic nitrogens is 2. The van der Waals surface area contributed by atoms with Crippen LogP contribution < -0.4 is 10.6 Å². The van der Waals surface area contributed by atoms with E-state index in [1.54, 1.807) is 10.9 Å². The molecular weight excluding hydrogens is 240 g/mol. The molecule has 1 atom stereocenters. The number of hydrogen-bond donors (Lipinski definition) is 2. The van der Waals surface area contributed by atoms with Gasteiger partial charge in [-0.2, -0.15) is 5.10 Å². The van der Waals surface area contributed by atoms with E-state index in [9.17, 15) is 4.79 Å². The quantitative estimate of drug-likeness (QED) is 0.855. The van der Waals surface area contributed by atoms with Crippen molar-refractivity contribution in [2.45, 2.75) is 33.2 Å². The van der Waals surface area contributed by atoms with E-state index >= 15 is 0 Å². The third-order valence-corrected chi connectivity index (χ3v) is 4.11. The summed E-state index contributed by atoms with van der Waals surface area (Å²) in [5.74, 6) is 0.542. The summed E-state index contributed by atoms with van der Waals surface area (Å²) in [6, 6.07) is 0. The highest BCUT2D eigenvalue weighted by molar-refractivity contribution is 5.82. The number of carbonyl (C=O) groups is 1. The summed E-state index contributed by atoms with van der Waals surface area (Å²) in [7, 11) is 1.88. The summed E-state index contributed by atoms with van der Waals surface area (Å²) >= 11 is 0. The fraction of sp³-hybridized carbons (Fsp3) is 0.714. The van der Waals surface area contributed by atoms with Crippen molar-refractivity contribution < 1.29 is 4.79 Å². The van der Waals surface area contributed by atoms with Gasteiger partial charge in [-0.1, -0.05) is 13.8 Å². The second kappa shape index (κ2) is 5.74. The first-order valence-electron chi connectivity index (χ1n) is 6.96. The Hall–Kier alpha value is -1.36. The molecule has 0 saturated carbocycles. The molecule has 1 aromatic heterocycles. The normalized spacial score (nSPS) is 20.3. The van der Waals surface area contributed by atoms with Crippen LogP contribution in [0.15, 0.2) is 12.4 Å². The number of carbonyl (C=O) groups excluding carboxylic acids is 1. The molecule has 5 heteroatoms. The van der Waals surface area contributed by atoms with Crippen molar-refractivity contribution in [2.75, 3.05) is 13.1 Å². The molecule has 106 valence electrons. The largest absolute Gasteiger partial charge is 0.351 e. The second-order valence-corrected chi connectivity index (χ2v) is 5.97. The zero-order valence-corrected chi connectivity index (χ0v) is 12.1. The number of hydrogen-bond acceptors (Lipinski definition) is 3. The first-order valence-corrected chi connectivity index (χ1v) is 6.96. The minimum absolute atomic E-state index is 0.130. The summed E-state index contributed by atoms with van der Waals surface area (Å²) in [5.41, 5.74) is 0.712. The van der Waals surface area contributed by atoms with Crippen LogP contribution in [0.3, 0.4) is 0 Å². The van der Waals surface area contributed by atoms with Crippen molar-refractivity contribution in [3.05, 3.63) is 18.0 Å². The van der Waals surface area contributed by atoms with E-state index in [1.807, 2.05) is 27.1 Å². The molecule has 2 rings (SSSR count). The van der Waals surface area contributed by atoms with E-state index in [2.05, 4.69) is 15.7 Å². The van der Waals surface area contributed by atoms with Gasteiger partial charge in [0.15, 0.2) is 0 Å². The number of nitrogens with one attached hydrogen (secondary N) is 2. The predicted molar refractivity (Wildman–Crippen MR) is 74.4 cm³/mol. The van der Waals surface area contributed by atoms with Gasteiger partial charge in [0.2, 0.25) is 5.91 Å². The van der Waals surface area contributed by atoms with Crippen molar-refractivity contribution >= 4 is 5.91 Å². The zero-order valence-electron chi connectivity index (χ0n) is 12.1. The van der Waals surface area contributed by atoms with E-state index in [0.717, 1.165) is 31.5 Å². The van der Waals surface area contributed by atoms with Crippen LogP contribution in [-0.2, 0) is 18.4 Å². The van der Waals surface area contributed by atoms with Crippen LogP contribution in [0, 0.1) is 11.3 Å². The Kier molecular flexibility index (Phi) is 4.24. The minimum Gasteiger partial charge on any atom is -0.351 e. The number of aryl methyl sites for hydroxylation is 1.